The molecule has 0 N–H and O–H groups in total. The lowest BCUT2D eigenvalue weighted by atomic mass is 9.98. The van der Waals surface area contributed by atoms with Crippen molar-refractivity contribution in [2.24, 2.45) is 0 Å². The van der Waals surface area contributed by atoms with E-state index in [1.54, 1.807) is 11.3 Å². The lowest BCUT2D eigenvalue weighted by Gasteiger charge is -2.12. The Kier molecular flexibility index (Phi) is 6.01. The second kappa shape index (κ2) is 10.7. The van der Waals surface area contributed by atoms with E-state index in [-0.39, 0.29) is 0 Å². The fraction of sp³-hybridized carbons (Fsp3) is 0. The van der Waals surface area contributed by atoms with Gasteiger partial charge in [0, 0.05) is 47.6 Å². The zero-order valence-electron chi connectivity index (χ0n) is 25.6. The topological polar surface area (TPSA) is 51.8 Å². The monoisotopic (exact) mass is 631 g/mol. The summed E-state index contributed by atoms with van der Waals surface area (Å²) in [4.78, 5) is 15.8. The molecular weight excluding hydrogens is 607 g/mol. The van der Waals surface area contributed by atoms with Gasteiger partial charge in [-0.25, -0.2) is 15.0 Å². The quantitative estimate of drug-likeness (QED) is 0.194. The summed E-state index contributed by atoms with van der Waals surface area (Å²) in [5, 5.41) is 6.70. The third-order valence-corrected chi connectivity index (χ3v) is 10.2. The minimum absolute atomic E-state index is 0.609. The van der Waals surface area contributed by atoms with Crippen LogP contribution >= 0.6 is 11.3 Å². The number of hydrogen-bond acceptors (Lipinski definition) is 5. The molecule has 0 saturated carbocycles. The number of thiophene rings is 1. The van der Waals surface area contributed by atoms with Gasteiger partial charge < -0.3 is 4.42 Å². The average Bonchev–Trinajstić information content (AvgIpc) is 3.73. The van der Waals surface area contributed by atoms with Gasteiger partial charge in [-0.1, -0.05) is 115 Å². The Morgan fingerprint density at radius 1 is 0.396 bits per heavy atom. The van der Waals surface area contributed by atoms with Crippen LogP contribution in [0.25, 0.3) is 98.2 Å². The van der Waals surface area contributed by atoms with Crippen molar-refractivity contribution in [1.82, 2.24) is 15.0 Å². The Labute approximate surface area is 279 Å². The molecule has 0 atom stereocenters. The molecule has 7 aromatic carbocycles. The standard InChI is InChI=1S/C43H25N3OS/c1-2-11-26(12-3-1)30-24-34(40-32-16-7-9-20-37(32)48-38(40)25-30)43-45-41(29-22-21-27-13-4-5-14-28(27)23-29)44-42(46-43)33-17-10-19-36-39(33)31-15-6-8-18-35(31)47-36/h1-25H. The number of nitrogens with zero attached hydrogens (tertiary/aromatic N) is 3. The summed E-state index contributed by atoms with van der Waals surface area (Å²) < 4.78 is 8.72. The van der Waals surface area contributed by atoms with Gasteiger partial charge in [0.25, 0.3) is 0 Å². The minimum atomic E-state index is 0.609. The molecule has 224 valence electrons. The van der Waals surface area contributed by atoms with Crippen LogP contribution in [0.3, 0.4) is 0 Å². The zero-order chi connectivity index (χ0) is 31.6. The molecule has 0 bridgehead atoms. The van der Waals surface area contributed by atoms with Crippen LogP contribution in [0.5, 0.6) is 0 Å². The summed E-state index contributed by atoms with van der Waals surface area (Å²) in [5.41, 5.74) is 6.76. The van der Waals surface area contributed by atoms with Crippen LogP contribution in [0.15, 0.2) is 156 Å². The van der Waals surface area contributed by atoms with E-state index < -0.39 is 0 Å². The molecule has 0 radical (unpaired) electrons. The van der Waals surface area contributed by atoms with E-state index in [0.29, 0.717) is 17.5 Å². The fourth-order valence-electron chi connectivity index (χ4n) is 6.86. The van der Waals surface area contributed by atoms with Gasteiger partial charge in [0.15, 0.2) is 17.5 Å². The molecule has 0 amide bonds. The van der Waals surface area contributed by atoms with Gasteiger partial charge in [0.05, 0.1) is 0 Å². The summed E-state index contributed by atoms with van der Waals surface area (Å²) in [6.07, 6.45) is 0. The molecule has 0 unspecified atom stereocenters. The number of para-hydroxylation sites is 1. The van der Waals surface area contributed by atoms with Gasteiger partial charge in [-0.2, -0.15) is 0 Å². The lowest BCUT2D eigenvalue weighted by Crippen LogP contribution is -2.01. The van der Waals surface area contributed by atoms with Crippen molar-refractivity contribution in [1.29, 1.82) is 0 Å². The summed E-state index contributed by atoms with van der Waals surface area (Å²) in [6.45, 7) is 0. The largest absolute Gasteiger partial charge is 0.456 e. The van der Waals surface area contributed by atoms with Crippen LogP contribution in [-0.2, 0) is 0 Å². The van der Waals surface area contributed by atoms with Crippen molar-refractivity contribution < 1.29 is 4.42 Å². The van der Waals surface area contributed by atoms with Crippen LogP contribution in [0, 0.1) is 0 Å². The molecule has 10 aromatic rings. The number of hydrogen-bond donors (Lipinski definition) is 0. The number of rotatable bonds is 4. The average molecular weight is 632 g/mol. The molecule has 0 fully saturated rings. The fourth-order valence-corrected chi connectivity index (χ4v) is 8.03. The highest BCUT2D eigenvalue weighted by Gasteiger charge is 2.21. The normalized spacial score (nSPS) is 11.8. The van der Waals surface area contributed by atoms with Gasteiger partial charge in [0.2, 0.25) is 0 Å². The maximum Gasteiger partial charge on any atom is 0.164 e. The number of aromatic nitrogens is 3. The Morgan fingerprint density at radius 3 is 2.00 bits per heavy atom. The molecule has 0 aliphatic carbocycles. The highest BCUT2D eigenvalue weighted by Crippen LogP contribution is 2.43. The molecule has 0 aliphatic rings. The summed E-state index contributed by atoms with van der Waals surface area (Å²) >= 11 is 1.80. The molecule has 0 aliphatic heterocycles. The molecule has 0 spiro atoms. The van der Waals surface area contributed by atoms with Crippen LogP contribution in [0.2, 0.25) is 0 Å². The first-order chi connectivity index (χ1) is 23.8. The summed E-state index contributed by atoms with van der Waals surface area (Å²) in [6, 6.07) is 52.7. The summed E-state index contributed by atoms with van der Waals surface area (Å²) in [5.74, 6) is 1.88. The lowest BCUT2D eigenvalue weighted by molar-refractivity contribution is 0.669. The second-order valence-electron chi connectivity index (χ2n) is 12.0. The molecule has 0 saturated heterocycles. The maximum absolute atomic E-state index is 6.28. The van der Waals surface area contributed by atoms with Crippen molar-refractivity contribution in [3.8, 4) is 45.3 Å². The molecule has 4 nitrogen and oxygen atoms in total. The third kappa shape index (κ3) is 4.33. The van der Waals surface area contributed by atoms with Crippen molar-refractivity contribution in [2.45, 2.75) is 0 Å². The maximum atomic E-state index is 6.28. The highest BCUT2D eigenvalue weighted by molar-refractivity contribution is 7.26. The van der Waals surface area contributed by atoms with Crippen LogP contribution in [-0.4, -0.2) is 15.0 Å². The molecule has 10 rings (SSSR count). The Hall–Kier alpha value is -6.17. The SMILES string of the molecule is c1ccc(-c2cc(-c3nc(-c4ccc5ccccc5c4)nc(-c4cccc5oc6ccccc6c45)n3)c3c(c2)sc2ccccc23)cc1. The van der Waals surface area contributed by atoms with Gasteiger partial charge in [-0.05, 0) is 58.3 Å². The molecular formula is C43H25N3OS. The van der Waals surface area contributed by atoms with Gasteiger partial charge in [-0.3, -0.25) is 0 Å². The highest BCUT2D eigenvalue weighted by atomic mass is 32.1. The zero-order valence-corrected chi connectivity index (χ0v) is 26.4. The summed E-state index contributed by atoms with van der Waals surface area (Å²) in [7, 11) is 0. The van der Waals surface area contributed by atoms with E-state index in [1.807, 2.05) is 30.3 Å². The molecule has 5 heteroatoms. The molecule has 3 heterocycles. The Bertz CT molecular complexity index is 2850. The van der Waals surface area contributed by atoms with E-state index in [1.165, 1.54) is 20.2 Å². The van der Waals surface area contributed by atoms with Gasteiger partial charge >= 0.3 is 0 Å². The van der Waals surface area contributed by atoms with Crippen molar-refractivity contribution in [3.63, 3.8) is 0 Å². The predicted molar refractivity (Wildman–Crippen MR) is 199 cm³/mol. The van der Waals surface area contributed by atoms with E-state index in [4.69, 9.17) is 19.4 Å². The second-order valence-corrected chi connectivity index (χ2v) is 13.1. The number of fused-ring (bicyclic) bond motifs is 7. The van der Waals surface area contributed by atoms with E-state index in [0.717, 1.165) is 60.5 Å². The minimum Gasteiger partial charge on any atom is -0.456 e. The van der Waals surface area contributed by atoms with Crippen LogP contribution in [0.4, 0.5) is 0 Å². The van der Waals surface area contributed by atoms with E-state index in [9.17, 15) is 0 Å². The first-order valence-corrected chi connectivity index (χ1v) is 16.8. The number of benzene rings is 7. The van der Waals surface area contributed by atoms with Crippen molar-refractivity contribution in [3.05, 3.63) is 152 Å². The first-order valence-electron chi connectivity index (χ1n) is 15.9. The predicted octanol–water partition coefficient (Wildman–Crippen LogP) is 12.0. The first kappa shape index (κ1) is 27.0. The van der Waals surface area contributed by atoms with E-state index in [2.05, 4.69) is 121 Å². The van der Waals surface area contributed by atoms with Gasteiger partial charge in [-0.15, -0.1) is 11.3 Å². The Morgan fingerprint density at radius 2 is 1.10 bits per heavy atom. The van der Waals surface area contributed by atoms with E-state index >= 15 is 0 Å². The third-order valence-electron chi connectivity index (χ3n) is 9.11. The van der Waals surface area contributed by atoms with Crippen molar-refractivity contribution in [2.75, 3.05) is 0 Å². The molecule has 48 heavy (non-hydrogen) atoms. The Balaban J connectivity index is 1.30. The van der Waals surface area contributed by atoms with Gasteiger partial charge in [0.1, 0.15) is 11.2 Å². The van der Waals surface area contributed by atoms with Crippen molar-refractivity contribution >= 4 is 64.2 Å². The smallest absolute Gasteiger partial charge is 0.164 e. The number of furan rings is 1. The van der Waals surface area contributed by atoms with Crippen LogP contribution < -0.4 is 0 Å². The van der Waals surface area contributed by atoms with Crippen LogP contribution in [0.1, 0.15) is 0 Å². The molecule has 3 aromatic heterocycles.